The highest BCUT2D eigenvalue weighted by Crippen LogP contribution is 2.35. The number of amides is 2. The van der Waals surface area contributed by atoms with Crippen LogP contribution in [0.5, 0.6) is 0 Å². The molecule has 2 aromatic heterocycles. The number of carbonyl (C=O) groups excluding carboxylic acids is 2. The van der Waals surface area contributed by atoms with Crippen LogP contribution in [0.3, 0.4) is 0 Å². The molecule has 138 valence electrons. The molecule has 2 aromatic rings. The topological polar surface area (TPSA) is 102 Å². The zero-order valence-electron chi connectivity index (χ0n) is 15.2. The second kappa shape index (κ2) is 6.88. The predicted octanol–water partition coefficient (Wildman–Crippen LogP) is 2.69. The lowest BCUT2D eigenvalue weighted by atomic mass is 9.89. The van der Waals surface area contributed by atoms with Gasteiger partial charge in [-0.25, -0.2) is 4.98 Å². The average Bonchev–Trinajstić information content (AvgIpc) is 3.40. The molecule has 1 atom stereocenters. The smallest absolute Gasteiger partial charge is 0.237 e. The number of aromatic amines is 1. The number of carbonyl (C=O) groups is 2. The summed E-state index contributed by atoms with van der Waals surface area (Å²) in [5.41, 5.74) is 2.88. The summed E-state index contributed by atoms with van der Waals surface area (Å²) in [5.74, 6) is 0.667. The van der Waals surface area contributed by atoms with E-state index in [9.17, 15) is 9.59 Å². The molecule has 0 spiro atoms. The summed E-state index contributed by atoms with van der Waals surface area (Å²) in [7, 11) is 0. The van der Waals surface area contributed by atoms with Crippen molar-refractivity contribution in [2.45, 2.75) is 26.2 Å². The van der Waals surface area contributed by atoms with Crippen LogP contribution in [0.1, 0.15) is 31.7 Å². The third-order valence-corrected chi connectivity index (χ3v) is 5.18. The number of pyridine rings is 1. The van der Waals surface area contributed by atoms with Gasteiger partial charge in [0.2, 0.25) is 11.8 Å². The van der Waals surface area contributed by atoms with Gasteiger partial charge in [-0.3, -0.25) is 9.59 Å². The molecule has 7 nitrogen and oxygen atoms in total. The zero-order valence-corrected chi connectivity index (χ0v) is 15.2. The van der Waals surface area contributed by atoms with E-state index in [4.69, 9.17) is 5.26 Å². The van der Waals surface area contributed by atoms with Gasteiger partial charge in [0.25, 0.3) is 0 Å². The van der Waals surface area contributed by atoms with Crippen LogP contribution in [0.25, 0.3) is 16.6 Å². The monoisotopic (exact) mass is 363 g/mol. The Labute approximate surface area is 157 Å². The third kappa shape index (κ3) is 3.43. The zero-order chi connectivity index (χ0) is 19.0. The van der Waals surface area contributed by atoms with E-state index in [0.717, 1.165) is 35.0 Å². The lowest BCUT2D eigenvalue weighted by Gasteiger charge is -2.31. The molecule has 2 N–H and O–H groups in total. The van der Waals surface area contributed by atoms with Gasteiger partial charge < -0.3 is 15.2 Å². The Morgan fingerprint density at radius 3 is 2.96 bits per heavy atom. The van der Waals surface area contributed by atoms with Gasteiger partial charge in [0.1, 0.15) is 17.9 Å². The van der Waals surface area contributed by atoms with E-state index < -0.39 is 0 Å². The summed E-state index contributed by atoms with van der Waals surface area (Å²) in [6, 6.07) is 5.82. The fourth-order valence-electron chi connectivity index (χ4n) is 3.59. The van der Waals surface area contributed by atoms with Crippen LogP contribution in [0.2, 0.25) is 0 Å². The van der Waals surface area contributed by atoms with Crippen LogP contribution in [-0.4, -0.2) is 39.8 Å². The van der Waals surface area contributed by atoms with Gasteiger partial charge in [-0.1, -0.05) is 13.0 Å². The first-order chi connectivity index (χ1) is 13.1. The van der Waals surface area contributed by atoms with E-state index in [0.29, 0.717) is 18.9 Å². The van der Waals surface area contributed by atoms with Crippen molar-refractivity contribution in [2.24, 2.45) is 11.8 Å². The Kier molecular flexibility index (Phi) is 4.40. The van der Waals surface area contributed by atoms with Crippen molar-refractivity contribution in [3.05, 3.63) is 30.0 Å². The fraction of sp³-hybridized carbons (Fsp3) is 0.400. The van der Waals surface area contributed by atoms with E-state index in [1.165, 1.54) is 0 Å². The first-order valence-corrected chi connectivity index (χ1v) is 9.21. The summed E-state index contributed by atoms with van der Waals surface area (Å²) in [6.07, 6.45) is 5.67. The first-order valence-electron chi connectivity index (χ1n) is 9.21. The van der Waals surface area contributed by atoms with Crippen LogP contribution in [-0.2, 0) is 9.59 Å². The minimum absolute atomic E-state index is 0.0262. The van der Waals surface area contributed by atoms with Crippen molar-refractivity contribution in [2.75, 3.05) is 18.4 Å². The Hall–Kier alpha value is -3.14. The van der Waals surface area contributed by atoms with Crippen LogP contribution in [0.4, 0.5) is 5.82 Å². The van der Waals surface area contributed by atoms with Crippen molar-refractivity contribution >= 4 is 34.2 Å². The summed E-state index contributed by atoms with van der Waals surface area (Å²) in [4.78, 5) is 33.5. The number of fused-ring (bicyclic) bond motifs is 1. The number of hydrogen-bond acceptors (Lipinski definition) is 4. The van der Waals surface area contributed by atoms with Crippen molar-refractivity contribution in [3.63, 3.8) is 0 Å². The standard InChI is InChI=1S/C20H21N5O2/c1-12-11-25(18(26)4-7-21)9-6-14(12)16-10-17(24-20(27)13-2-3-13)23-19-15(16)5-8-22-19/h5-6,8,10,12-13H,2-4,9,11H2,1H3,(H2,22,23,24,27). The normalized spacial score (nSPS) is 19.5. The van der Waals surface area contributed by atoms with Crippen molar-refractivity contribution in [1.29, 1.82) is 5.26 Å². The molecule has 27 heavy (non-hydrogen) atoms. The van der Waals surface area contributed by atoms with Gasteiger partial charge in [0.15, 0.2) is 0 Å². The first kappa shape index (κ1) is 17.3. The van der Waals surface area contributed by atoms with Gasteiger partial charge >= 0.3 is 0 Å². The summed E-state index contributed by atoms with van der Waals surface area (Å²) in [6.45, 7) is 3.13. The summed E-state index contributed by atoms with van der Waals surface area (Å²) in [5, 5.41) is 12.7. The fourth-order valence-corrected chi connectivity index (χ4v) is 3.59. The van der Waals surface area contributed by atoms with Crippen LogP contribution < -0.4 is 5.32 Å². The second-order valence-corrected chi connectivity index (χ2v) is 7.25. The Balaban J connectivity index is 1.66. The minimum atomic E-state index is -0.140. The minimum Gasteiger partial charge on any atom is -0.346 e. The lowest BCUT2D eigenvalue weighted by molar-refractivity contribution is -0.130. The molecule has 1 fully saturated rings. The summed E-state index contributed by atoms with van der Waals surface area (Å²) >= 11 is 0. The Bertz CT molecular complexity index is 980. The van der Waals surface area contributed by atoms with Gasteiger partial charge in [0.05, 0.1) is 6.07 Å². The third-order valence-electron chi connectivity index (χ3n) is 5.18. The number of nitrogens with one attached hydrogen (secondary N) is 2. The highest BCUT2D eigenvalue weighted by atomic mass is 16.2. The molecule has 2 amide bonds. The van der Waals surface area contributed by atoms with Crippen LogP contribution in [0.15, 0.2) is 24.4 Å². The molecule has 2 aliphatic rings. The Morgan fingerprint density at radius 1 is 1.44 bits per heavy atom. The van der Waals surface area contributed by atoms with Crippen molar-refractivity contribution < 1.29 is 9.59 Å². The maximum absolute atomic E-state index is 12.1. The van der Waals surface area contributed by atoms with Gasteiger partial charge in [-0.05, 0) is 42.0 Å². The number of rotatable bonds is 4. The molecule has 0 saturated heterocycles. The highest BCUT2D eigenvalue weighted by molar-refractivity contribution is 5.97. The predicted molar refractivity (Wildman–Crippen MR) is 101 cm³/mol. The molecule has 1 saturated carbocycles. The van der Waals surface area contributed by atoms with Gasteiger partial charge in [-0.2, -0.15) is 5.26 Å². The van der Waals surface area contributed by atoms with Crippen LogP contribution >= 0.6 is 0 Å². The number of hydrogen-bond donors (Lipinski definition) is 2. The molecular formula is C20H21N5O2. The van der Waals surface area contributed by atoms with E-state index in [1.807, 2.05) is 30.5 Å². The molecule has 4 rings (SSSR count). The van der Waals surface area contributed by atoms with E-state index in [-0.39, 0.29) is 30.1 Å². The molecule has 0 radical (unpaired) electrons. The lowest BCUT2D eigenvalue weighted by Crippen LogP contribution is -2.37. The maximum atomic E-state index is 12.1. The largest absolute Gasteiger partial charge is 0.346 e. The number of nitrogens with zero attached hydrogens (tertiary/aromatic N) is 3. The SMILES string of the molecule is CC1CN(C(=O)CC#N)CC=C1c1cc(NC(=O)C2CC2)nc2[nH]ccc12. The number of anilines is 1. The van der Waals surface area contributed by atoms with E-state index >= 15 is 0 Å². The second-order valence-electron chi connectivity index (χ2n) is 7.25. The van der Waals surface area contributed by atoms with Gasteiger partial charge in [0, 0.05) is 30.6 Å². The van der Waals surface area contributed by atoms with Gasteiger partial charge in [-0.15, -0.1) is 0 Å². The molecule has 0 bridgehead atoms. The molecule has 7 heteroatoms. The number of nitriles is 1. The van der Waals surface area contributed by atoms with E-state index in [1.54, 1.807) is 4.90 Å². The number of H-pyrrole nitrogens is 1. The van der Waals surface area contributed by atoms with Crippen LogP contribution in [0, 0.1) is 23.2 Å². The molecule has 1 aliphatic carbocycles. The average molecular weight is 363 g/mol. The molecule has 1 aliphatic heterocycles. The summed E-state index contributed by atoms with van der Waals surface area (Å²) < 4.78 is 0. The van der Waals surface area contributed by atoms with E-state index in [2.05, 4.69) is 22.2 Å². The Morgan fingerprint density at radius 2 is 2.26 bits per heavy atom. The molecule has 3 heterocycles. The quantitative estimate of drug-likeness (QED) is 0.872. The number of aromatic nitrogens is 2. The van der Waals surface area contributed by atoms with Crippen molar-refractivity contribution in [3.8, 4) is 6.07 Å². The maximum Gasteiger partial charge on any atom is 0.237 e. The molecule has 1 unspecified atom stereocenters. The molecular weight excluding hydrogens is 342 g/mol. The van der Waals surface area contributed by atoms with Crippen molar-refractivity contribution in [1.82, 2.24) is 14.9 Å². The highest BCUT2D eigenvalue weighted by Gasteiger charge is 2.30. The molecule has 0 aromatic carbocycles.